The molecule has 0 aliphatic rings. The van der Waals surface area contributed by atoms with E-state index in [0.29, 0.717) is 6.61 Å². The zero-order valence-electron chi connectivity index (χ0n) is 11.9. The summed E-state index contributed by atoms with van der Waals surface area (Å²) in [7, 11) is 3.30. The third-order valence-corrected chi connectivity index (χ3v) is 3.05. The fourth-order valence-electron chi connectivity index (χ4n) is 1.93. The van der Waals surface area contributed by atoms with Crippen LogP contribution in [0.4, 0.5) is 0 Å². The monoisotopic (exact) mass is 267 g/mol. The lowest BCUT2D eigenvalue weighted by molar-refractivity contribution is 0.283. The van der Waals surface area contributed by atoms with Gasteiger partial charge in [0.05, 0.1) is 14.2 Å². The van der Waals surface area contributed by atoms with E-state index < -0.39 is 0 Å². The van der Waals surface area contributed by atoms with Crippen LogP contribution in [0.1, 0.15) is 24.8 Å². The van der Waals surface area contributed by atoms with Gasteiger partial charge in [0.25, 0.3) is 0 Å². The third kappa shape index (κ3) is 5.94. The first-order valence-corrected chi connectivity index (χ1v) is 6.84. The Morgan fingerprint density at radius 1 is 1.00 bits per heavy atom. The molecule has 0 unspecified atom stereocenters. The lowest BCUT2D eigenvalue weighted by Crippen LogP contribution is -2.18. The Balaban J connectivity index is 2.26. The van der Waals surface area contributed by atoms with E-state index in [2.05, 4.69) is 11.4 Å². The molecular weight excluding hydrogens is 242 g/mol. The molecule has 1 rings (SSSR count). The number of hydrogen-bond donors (Lipinski definition) is 2. The van der Waals surface area contributed by atoms with Crippen LogP contribution < -0.4 is 14.8 Å². The molecule has 4 nitrogen and oxygen atoms in total. The summed E-state index contributed by atoms with van der Waals surface area (Å²) in [5.41, 5.74) is 1.24. The zero-order valence-corrected chi connectivity index (χ0v) is 11.9. The van der Waals surface area contributed by atoms with Gasteiger partial charge in [0.2, 0.25) is 0 Å². The van der Waals surface area contributed by atoms with E-state index in [1.54, 1.807) is 14.2 Å². The minimum absolute atomic E-state index is 0.297. The van der Waals surface area contributed by atoms with Gasteiger partial charge in [-0.05, 0) is 56.5 Å². The quantitative estimate of drug-likeness (QED) is 0.637. The third-order valence-electron chi connectivity index (χ3n) is 3.05. The first kappa shape index (κ1) is 15.8. The van der Waals surface area contributed by atoms with Gasteiger partial charge < -0.3 is 19.9 Å². The zero-order chi connectivity index (χ0) is 13.9. The van der Waals surface area contributed by atoms with Crippen molar-refractivity contribution < 1.29 is 14.6 Å². The minimum Gasteiger partial charge on any atom is -0.493 e. The number of nitrogens with one attached hydrogen (secondary N) is 1. The lowest BCUT2D eigenvalue weighted by Gasteiger charge is -2.10. The average molecular weight is 267 g/mol. The van der Waals surface area contributed by atoms with E-state index in [1.165, 1.54) is 5.56 Å². The molecular formula is C15H25NO3. The molecule has 1 aromatic rings. The standard InChI is InChI=1S/C15H25NO3/c1-18-14-7-6-13(12-15(14)19-2)8-10-16-9-4-3-5-11-17/h6-7,12,16-17H,3-5,8-11H2,1-2H3. The molecule has 0 atom stereocenters. The smallest absolute Gasteiger partial charge is 0.160 e. The van der Waals surface area contributed by atoms with Gasteiger partial charge in [-0.2, -0.15) is 0 Å². The van der Waals surface area contributed by atoms with E-state index >= 15 is 0 Å². The predicted octanol–water partition coefficient (Wildman–Crippen LogP) is 2.00. The van der Waals surface area contributed by atoms with Crippen LogP contribution in [0.5, 0.6) is 11.5 Å². The molecule has 0 aromatic heterocycles. The van der Waals surface area contributed by atoms with Gasteiger partial charge in [-0.1, -0.05) is 6.07 Å². The summed E-state index contributed by atoms with van der Waals surface area (Å²) in [5.74, 6) is 1.55. The number of unbranched alkanes of at least 4 members (excludes halogenated alkanes) is 2. The molecule has 0 fully saturated rings. The fraction of sp³-hybridized carbons (Fsp3) is 0.600. The Kier molecular flexibility index (Phi) is 8.02. The van der Waals surface area contributed by atoms with Crippen LogP contribution in [0.3, 0.4) is 0 Å². The molecule has 108 valence electrons. The molecule has 19 heavy (non-hydrogen) atoms. The van der Waals surface area contributed by atoms with Crippen LogP contribution in [-0.4, -0.2) is 39.0 Å². The van der Waals surface area contributed by atoms with Crippen LogP contribution in [0.25, 0.3) is 0 Å². The molecule has 0 heterocycles. The maximum Gasteiger partial charge on any atom is 0.160 e. The van der Waals surface area contributed by atoms with Crippen LogP contribution in [0.2, 0.25) is 0 Å². The summed E-state index contributed by atoms with van der Waals surface area (Å²) >= 11 is 0. The molecule has 2 N–H and O–H groups in total. The van der Waals surface area contributed by atoms with Crippen molar-refractivity contribution in [2.24, 2.45) is 0 Å². The molecule has 0 amide bonds. The first-order valence-electron chi connectivity index (χ1n) is 6.84. The summed E-state index contributed by atoms with van der Waals surface area (Å²) in [6.45, 7) is 2.26. The SMILES string of the molecule is COc1ccc(CCNCCCCCO)cc1OC. The topological polar surface area (TPSA) is 50.7 Å². The van der Waals surface area contributed by atoms with Gasteiger partial charge in [0.1, 0.15) is 0 Å². The van der Waals surface area contributed by atoms with E-state index in [-0.39, 0.29) is 0 Å². The molecule has 0 bridgehead atoms. The summed E-state index contributed by atoms with van der Waals surface area (Å²) in [6, 6.07) is 6.02. The molecule has 0 saturated carbocycles. The van der Waals surface area contributed by atoms with Crippen molar-refractivity contribution in [3.63, 3.8) is 0 Å². The van der Waals surface area contributed by atoms with Crippen molar-refractivity contribution in [3.05, 3.63) is 23.8 Å². The van der Waals surface area contributed by atoms with Gasteiger partial charge >= 0.3 is 0 Å². The van der Waals surface area contributed by atoms with Gasteiger partial charge in [-0.3, -0.25) is 0 Å². The first-order chi connectivity index (χ1) is 9.31. The highest BCUT2D eigenvalue weighted by atomic mass is 16.5. The highest BCUT2D eigenvalue weighted by Gasteiger charge is 2.03. The van der Waals surface area contributed by atoms with Gasteiger partial charge in [0, 0.05) is 6.61 Å². The van der Waals surface area contributed by atoms with Gasteiger partial charge in [-0.25, -0.2) is 0 Å². The predicted molar refractivity (Wildman–Crippen MR) is 77.1 cm³/mol. The summed E-state index contributed by atoms with van der Waals surface area (Å²) in [6.07, 6.45) is 4.07. The Hall–Kier alpha value is -1.26. The normalized spacial score (nSPS) is 10.5. The second-order valence-corrected chi connectivity index (χ2v) is 4.47. The molecule has 0 aliphatic carbocycles. The number of aliphatic hydroxyl groups is 1. The van der Waals surface area contributed by atoms with Gasteiger partial charge in [-0.15, -0.1) is 0 Å². The van der Waals surface area contributed by atoms with Crippen molar-refractivity contribution in [2.45, 2.75) is 25.7 Å². The lowest BCUT2D eigenvalue weighted by atomic mass is 10.1. The Labute approximate surface area is 115 Å². The summed E-state index contributed by atoms with van der Waals surface area (Å²) in [4.78, 5) is 0. The van der Waals surface area contributed by atoms with Crippen LogP contribution in [-0.2, 0) is 6.42 Å². The van der Waals surface area contributed by atoms with Crippen LogP contribution >= 0.6 is 0 Å². The Morgan fingerprint density at radius 3 is 2.47 bits per heavy atom. The van der Waals surface area contributed by atoms with E-state index in [9.17, 15) is 0 Å². The van der Waals surface area contributed by atoms with E-state index in [1.807, 2.05) is 12.1 Å². The van der Waals surface area contributed by atoms with Crippen LogP contribution in [0.15, 0.2) is 18.2 Å². The number of ether oxygens (including phenoxy) is 2. The molecule has 1 aromatic carbocycles. The Bertz CT molecular complexity index is 355. The molecule has 0 aliphatic heterocycles. The molecule has 4 heteroatoms. The summed E-state index contributed by atoms with van der Waals surface area (Å²) in [5, 5.41) is 12.1. The molecule has 0 saturated heterocycles. The molecule has 0 spiro atoms. The fourth-order valence-corrected chi connectivity index (χ4v) is 1.93. The number of hydrogen-bond acceptors (Lipinski definition) is 4. The minimum atomic E-state index is 0.297. The molecule has 0 radical (unpaired) electrons. The average Bonchev–Trinajstić information content (AvgIpc) is 2.46. The number of methoxy groups -OCH3 is 2. The maximum atomic E-state index is 8.67. The van der Waals surface area contributed by atoms with E-state index in [0.717, 1.165) is 50.3 Å². The maximum absolute atomic E-state index is 8.67. The Morgan fingerprint density at radius 2 is 1.79 bits per heavy atom. The van der Waals surface area contributed by atoms with Crippen molar-refractivity contribution in [1.82, 2.24) is 5.32 Å². The number of aliphatic hydroxyl groups excluding tert-OH is 1. The summed E-state index contributed by atoms with van der Waals surface area (Å²) < 4.78 is 10.5. The van der Waals surface area contributed by atoms with Crippen molar-refractivity contribution in [1.29, 1.82) is 0 Å². The number of rotatable bonds is 10. The van der Waals surface area contributed by atoms with Crippen molar-refractivity contribution in [2.75, 3.05) is 33.9 Å². The second-order valence-electron chi connectivity index (χ2n) is 4.47. The number of benzene rings is 1. The largest absolute Gasteiger partial charge is 0.493 e. The van der Waals surface area contributed by atoms with Crippen molar-refractivity contribution >= 4 is 0 Å². The van der Waals surface area contributed by atoms with Gasteiger partial charge in [0.15, 0.2) is 11.5 Å². The highest BCUT2D eigenvalue weighted by Crippen LogP contribution is 2.27. The van der Waals surface area contributed by atoms with Crippen molar-refractivity contribution in [3.8, 4) is 11.5 Å². The highest BCUT2D eigenvalue weighted by molar-refractivity contribution is 5.42. The van der Waals surface area contributed by atoms with Crippen LogP contribution in [0, 0.1) is 0 Å². The van der Waals surface area contributed by atoms with E-state index in [4.69, 9.17) is 14.6 Å². The second kappa shape index (κ2) is 9.64.